The second-order valence-electron chi connectivity index (χ2n) is 10.1. The Morgan fingerprint density at radius 3 is 2.23 bits per heavy atom. The molecule has 174 valence electrons. The summed E-state index contributed by atoms with van der Waals surface area (Å²) in [4.78, 5) is 12.0. The lowest BCUT2D eigenvalue weighted by Gasteiger charge is -2.32. The largest absolute Gasteiger partial charge is 0.505 e. The van der Waals surface area contributed by atoms with Crippen molar-refractivity contribution < 1.29 is 27.3 Å². The molecule has 0 spiro atoms. The average Bonchev–Trinajstić information content (AvgIpc) is 3.17. The summed E-state index contributed by atoms with van der Waals surface area (Å²) in [6, 6.07) is 3.27. The highest BCUT2D eigenvalue weighted by molar-refractivity contribution is 7.91. The summed E-state index contributed by atoms with van der Waals surface area (Å²) in [6.45, 7) is 14.0. The molecule has 1 aromatic heterocycles. The molecule has 2 saturated heterocycles. The maximum atomic E-state index is 13.1. The van der Waals surface area contributed by atoms with Gasteiger partial charge in [-0.15, -0.1) is 11.3 Å². The number of carbonyl (C=O) groups excluding carboxylic acids is 1. The van der Waals surface area contributed by atoms with Crippen LogP contribution in [0.2, 0.25) is 0 Å². The van der Waals surface area contributed by atoms with Crippen molar-refractivity contribution in [3.8, 4) is 0 Å². The third-order valence-electron chi connectivity index (χ3n) is 5.86. The van der Waals surface area contributed by atoms with E-state index in [0.29, 0.717) is 25.9 Å². The zero-order valence-electron chi connectivity index (χ0n) is 19.4. The maximum Gasteiger partial charge on any atom is 0.505 e. The zero-order valence-corrected chi connectivity index (χ0v) is 21.0. The molecule has 1 N–H and O–H groups in total. The number of hydrogen-bond donors (Lipinski definition) is 1. The van der Waals surface area contributed by atoms with Gasteiger partial charge in [0.15, 0.2) is 0 Å². The SMILES string of the molecule is CC(C)(C)OC(=O)NC1CCN(S(=O)(=O)c2ccc(B3OC(C)(C)C(C)(C)O3)s2)CC1. The second kappa shape index (κ2) is 8.33. The molecule has 3 rings (SSSR count). The van der Waals surface area contributed by atoms with Crippen molar-refractivity contribution in [1.82, 2.24) is 9.62 Å². The fourth-order valence-corrected chi connectivity index (χ4v) is 6.31. The van der Waals surface area contributed by atoms with Gasteiger partial charge in [-0.3, -0.25) is 0 Å². The van der Waals surface area contributed by atoms with E-state index in [4.69, 9.17) is 14.0 Å². The first-order chi connectivity index (χ1) is 14.1. The normalized spacial score (nSPS) is 22.5. The third-order valence-corrected chi connectivity index (χ3v) is 9.33. The molecule has 0 atom stereocenters. The highest BCUT2D eigenvalue weighted by atomic mass is 32.2. The van der Waals surface area contributed by atoms with Gasteiger partial charge in [-0.2, -0.15) is 4.31 Å². The smallest absolute Gasteiger partial charge is 0.444 e. The first kappa shape index (κ1) is 24.5. The van der Waals surface area contributed by atoms with Crippen molar-refractivity contribution in [2.75, 3.05) is 13.1 Å². The second-order valence-corrected chi connectivity index (χ2v) is 13.3. The lowest BCUT2D eigenvalue weighted by Crippen LogP contribution is -2.47. The number of thiophene rings is 1. The topological polar surface area (TPSA) is 94.2 Å². The lowest BCUT2D eigenvalue weighted by atomic mass is 9.88. The van der Waals surface area contributed by atoms with Crippen molar-refractivity contribution in [1.29, 1.82) is 0 Å². The standard InChI is InChI=1S/C20H33BN2O6S2/c1-18(2,3)27-17(24)22-14-10-12-23(13-11-14)31(25,26)16-9-8-15(30-16)21-28-19(4,5)20(6,7)29-21/h8-9,14H,10-13H2,1-7H3,(H,22,24). The fourth-order valence-electron chi connectivity index (χ4n) is 3.40. The number of alkyl carbamates (subject to hydrolysis) is 1. The molecule has 0 radical (unpaired) electrons. The van der Waals surface area contributed by atoms with Crippen LogP contribution in [0.15, 0.2) is 16.3 Å². The van der Waals surface area contributed by atoms with Crippen LogP contribution in [0.1, 0.15) is 61.3 Å². The molecule has 8 nitrogen and oxygen atoms in total. The van der Waals surface area contributed by atoms with Crippen LogP contribution in [0.4, 0.5) is 4.79 Å². The molecule has 0 aromatic carbocycles. The summed E-state index contributed by atoms with van der Waals surface area (Å²) in [5, 5.41) is 2.83. The van der Waals surface area contributed by atoms with E-state index in [-0.39, 0.29) is 10.3 Å². The average molecular weight is 472 g/mol. The van der Waals surface area contributed by atoms with Crippen LogP contribution < -0.4 is 10.1 Å². The Morgan fingerprint density at radius 2 is 1.71 bits per heavy atom. The van der Waals surface area contributed by atoms with Gasteiger partial charge in [-0.1, -0.05) is 6.07 Å². The van der Waals surface area contributed by atoms with E-state index in [0.717, 1.165) is 4.78 Å². The van der Waals surface area contributed by atoms with E-state index in [2.05, 4.69) is 5.32 Å². The number of sulfonamides is 1. The van der Waals surface area contributed by atoms with E-state index in [9.17, 15) is 13.2 Å². The number of nitrogens with one attached hydrogen (secondary N) is 1. The van der Waals surface area contributed by atoms with Crippen LogP contribution in [0.5, 0.6) is 0 Å². The van der Waals surface area contributed by atoms with Gasteiger partial charge in [0, 0.05) is 23.9 Å². The van der Waals surface area contributed by atoms with Crippen molar-refractivity contribution in [3.63, 3.8) is 0 Å². The highest BCUT2D eigenvalue weighted by Crippen LogP contribution is 2.37. The van der Waals surface area contributed by atoms with Gasteiger partial charge in [0.25, 0.3) is 10.0 Å². The molecule has 3 heterocycles. The summed E-state index contributed by atoms with van der Waals surface area (Å²) in [7, 11) is -4.19. The summed E-state index contributed by atoms with van der Waals surface area (Å²) >= 11 is 1.18. The Hall–Kier alpha value is -1.14. The third kappa shape index (κ3) is 5.44. The van der Waals surface area contributed by atoms with E-state index < -0.39 is 40.0 Å². The van der Waals surface area contributed by atoms with Crippen LogP contribution in [0.3, 0.4) is 0 Å². The maximum absolute atomic E-state index is 13.1. The molecular formula is C20H33BN2O6S2. The molecule has 1 amide bonds. The minimum absolute atomic E-state index is 0.107. The summed E-state index contributed by atoms with van der Waals surface area (Å²) in [5.41, 5.74) is -1.53. The van der Waals surface area contributed by atoms with E-state index in [1.54, 1.807) is 32.9 Å². The molecule has 0 unspecified atom stereocenters. The first-order valence-corrected chi connectivity index (χ1v) is 12.8. The zero-order chi connectivity index (χ0) is 23.2. The Kier molecular flexibility index (Phi) is 6.59. The van der Waals surface area contributed by atoms with Crippen molar-refractivity contribution >= 4 is 39.3 Å². The molecule has 1 aromatic rings. The minimum atomic E-state index is -3.61. The summed E-state index contributed by atoms with van der Waals surface area (Å²) in [6.07, 6.45) is 0.598. The molecular weight excluding hydrogens is 439 g/mol. The molecule has 2 aliphatic rings. The van der Waals surface area contributed by atoms with Gasteiger partial charge >= 0.3 is 13.2 Å². The summed E-state index contributed by atoms with van der Waals surface area (Å²) < 4.78 is 46.1. The van der Waals surface area contributed by atoms with Gasteiger partial charge in [0.1, 0.15) is 9.81 Å². The van der Waals surface area contributed by atoms with Gasteiger partial charge in [0.2, 0.25) is 0 Å². The number of piperidine rings is 1. The predicted molar refractivity (Wildman–Crippen MR) is 121 cm³/mol. The predicted octanol–water partition coefficient (Wildman–Crippen LogP) is 2.73. The Bertz CT molecular complexity index is 898. The highest BCUT2D eigenvalue weighted by Gasteiger charge is 2.52. The first-order valence-electron chi connectivity index (χ1n) is 10.6. The quantitative estimate of drug-likeness (QED) is 0.678. The molecule has 0 saturated carbocycles. The van der Waals surface area contributed by atoms with Crippen LogP contribution in [-0.4, -0.2) is 61.9 Å². The fraction of sp³-hybridized carbons (Fsp3) is 0.750. The molecule has 0 bridgehead atoms. The Labute approximate surface area is 189 Å². The molecule has 31 heavy (non-hydrogen) atoms. The van der Waals surface area contributed by atoms with E-state index in [1.807, 2.05) is 27.7 Å². The molecule has 11 heteroatoms. The van der Waals surface area contributed by atoms with Crippen LogP contribution in [0, 0.1) is 0 Å². The van der Waals surface area contributed by atoms with Gasteiger partial charge in [-0.05, 0) is 67.4 Å². The van der Waals surface area contributed by atoms with Gasteiger partial charge in [0.05, 0.1) is 11.2 Å². The van der Waals surface area contributed by atoms with Gasteiger partial charge < -0.3 is 19.4 Å². The van der Waals surface area contributed by atoms with Gasteiger partial charge in [-0.25, -0.2) is 13.2 Å². The van der Waals surface area contributed by atoms with Crippen molar-refractivity contribution in [2.24, 2.45) is 0 Å². The van der Waals surface area contributed by atoms with E-state index >= 15 is 0 Å². The van der Waals surface area contributed by atoms with Crippen LogP contribution >= 0.6 is 11.3 Å². The number of hydrogen-bond acceptors (Lipinski definition) is 7. The van der Waals surface area contributed by atoms with Crippen molar-refractivity contribution in [2.45, 2.75) is 88.4 Å². The summed E-state index contributed by atoms with van der Waals surface area (Å²) in [5.74, 6) is 0. The molecule has 2 aliphatic heterocycles. The molecule has 2 fully saturated rings. The minimum Gasteiger partial charge on any atom is -0.444 e. The number of carbonyl (C=O) groups is 1. The number of nitrogens with zero attached hydrogens (tertiary/aromatic N) is 1. The van der Waals surface area contributed by atoms with Crippen LogP contribution in [0.25, 0.3) is 0 Å². The number of amides is 1. The monoisotopic (exact) mass is 472 g/mol. The number of rotatable bonds is 4. The molecule has 0 aliphatic carbocycles. The van der Waals surface area contributed by atoms with Crippen LogP contribution in [-0.2, 0) is 24.1 Å². The lowest BCUT2D eigenvalue weighted by molar-refractivity contribution is 0.00578. The Balaban J connectivity index is 1.61. The van der Waals surface area contributed by atoms with E-state index in [1.165, 1.54) is 15.6 Å². The Morgan fingerprint density at radius 1 is 1.16 bits per heavy atom. The van der Waals surface area contributed by atoms with Crippen molar-refractivity contribution in [3.05, 3.63) is 12.1 Å². The number of ether oxygens (including phenoxy) is 1.